The molecule has 0 amide bonds. The Labute approximate surface area is 111 Å². The van der Waals surface area contributed by atoms with Gasteiger partial charge in [0.05, 0.1) is 0 Å². The maximum absolute atomic E-state index is 3.53. The van der Waals surface area contributed by atoms with Crippen molar-refractivity contribution in [2.24, 2.45) is 0 Å². The van der Waals surface area contributed by atoms with E-state index >= 15 is 0 Å². The van der Waals surface area contributed by atoms with Crippen LogP contribution in [0.25, 0.3) is 0 Å². The lowest BCUT2D eigenvalue weighted by molar-refractivity contribution is 0.809. The van der Waals surface area contributed by atoms with E-state index in [-0.39, 0.29) is 0 Å². The number of hydrogen-bond donors (Lipinski definition) is 1. The van der Waals surface area contributed by atoms with E-state index in [9.17, 15) is 0 Å². The number of nitrogens with zero attached hydrogens (tertiary/aromatic N) is 1. The molecule has 0 aliphatic heterocycles. The fourth-order valence-corrected chi connectivity index (χ4v) is 2.39. The second kappa shape index (κ2) is 7.20. The van der Waals surface area contributed by atoms with Gasteiger partial charge in [0.25, 0.3) is 0 Å². The molecule has 2 nitrogen and oxygen atoms in total. The summed E-state index contributed by atoms with van der Waals surface area (Å²) >= 11 is 5.41. The average Bonchev–Trinajstić information content (AvgIpc) is 2.28. The van der Waals surface area contributed by atoms with Gasteiger partial charge in [-0.25, -0.2) is 0 Å². The second-order valence-corrected chi connectivity index (χ2v) is 5.62. The van der Waals surface area contributed by atoms with Crippen LogP contribution in [-0.4, -0.2) is 32.6 Å². The van der Waals surface area contributed by atoms with Gasteiger partial charge in [-0.1, -0.05) is 22.0 Å². The number of halogens is 1. The standard InChI is InChI=1S/C12H19BrN2S/c1-14-9-10-4-5-11(13)8-12(10)15(2)6-7-16-3/h4-5,8,14H,6-7,9H2,1-3H3. The van der Waals surface area contributed by atoms with E-state index in [4.69, 9.17) is 0 Å². The molecule has 0 atom stereocenters. The van der Waals surface area contributed by atoms with E-state index in [2.05, 4.69) is 57.6 Å². The van der Waals surface area contributed by atoms with Crippen molar-refractivity contribution in [3.8, 4) is 0 Å². The van der Waals surface area contributed by atoms with Crippen molar-refractivity contribution in [2.45, 2.75) is 6.54 Å². The van der Waals surface area contributed by atoms with Crippen LogP contribution < -0.4 is 10.2 Å². The molecule has 0 bridgehead atoms. The molecule has 0 radical (unpaired) electrons. The molecule has 0 heterocycles. The highest BCUT2D eigenvalue weighted by Gasteiger charge is 2.07. The van der Waals surface area contributed by atoms with Crippen LogP contribution in [0.4, 0.5) is 5.69 Å². The summed E-state index contributed by atoms with van der Waals surface area (Å²) in [6.07, 6.45) is 2.14. The molecule has 1 aromatic carbocycles. The Hall–Kier alpha value is -0.190. The average molecular weight is 303 g/mol. The minimum atomic E-state index is 0.909. The highest BCUT2D eigenvalue weighted by molar-refractivity contribution is 9.10. The van der Waals surface area contributed by atoms with E-state index in [0.717, 1.165) is 23.3 Å². The quantitative estimate of drug-likeness (QED) is 0.870. The molecule has 0 fully saturated rings. The third-order valence-corrected chi connectivity index (χ3v) is 3.54. The van der Waals surface area contributed by atoms with Crippen molar-refractivity contribution in [3.63, 3.8) is 0 Å². The molecule has 0 aliphatic rings. The topological polar surface area (TPSA) is 15.3 Å². The number of hydrogen-bond acceptors (Lipinski definition) is 3. The fraction of sp³-hybridized carbons (Fsp3) is 0.500. The van der Waals surface area contributed by atoms with Crippen molar-refractivity contribution in [1.82, 2.24) is 5.32 Å². The van der Waals surface area contributed by atoms with Gasteiger partial charge in [-0.05, 0) is 31.0 Å². The minimum absolute atomic E-state index is 0.909. The van der Waals surface area contributed by atoms with E-state index in [0.29, 0.717) is 0 Å². The molecule has 0 aromatic heterocycles. The molecule has 1 N–H and O–H groups in total. The number of thioether (sulfide) groups is 1. The molecule has 0 aliphatic carbocycles. The maximum atomic E-state index is 3.53. The fourth-order valence-electron chi connectivity index (χ4n) is 1.58. The van der Waals surface area contributed by atoms with Gasteiger partial charge in [-0.2, -0.15) is 11.8 Å². The van der Waals surface area contributed by atoms with E-state index < -0.39 is 0 Å². The third kappa shape index (κ3) is 4.00. The number of anilines is 1. The largest absolute Gasteiger partial charge is 0.373 e. The normalized spacial score (nSPS) is 10.5. The zero-order valence-electron chi connectivity index (χ0n) is 10.1. The van der Waals surface area contributed by atoms with Crippen LogP contribution in [0, 0.1) is 0 Å². The van der Waals surface area contributed by atoms with Crippen LogP contribution in [0.3, 0.4) is 0 Å². The lowest BCUT2D eigenvalue weighted by Crippen LogP contribution is -2.22. The van der Waals surface area contributed by atoms with Crippen LogP contribution >= 0.6 is 27.7 Å². The molecule has 0 saturated carbocycles. The molecule has 1 aromatic rings. The van der Waals surface area contributed by atoms with Gasteiger partial charge in [0.1, 0.15) is 0 Å². The zero-order valence-corrected chi connectivity index (χ0v) is 12.5. The lowest BCUT2D eigenvalue weighted by atomic mass is 10.1. The molecule has 90 valence electrons. The van der Waals surface area contributed by atoms with Gasteiger partial charge < -0.3 is 10.2 Å². The van der Waals surface area contributed by atoms with Crippen molar-refractivity contribution >= 4 is 33.4 Å². The predicted molar refractivity (Wildman–Crippen MR) is 78.6 cm³/mol. The van der Waals surface area contributed by atoms with Crippen LogP contribution in [-0.2, 0) is 6.54 Å². The van der Waals surface area contributed by atoms with Crippen LogP contribution in [0.15, 0.2) is 22.7 Å². The molecular formula is C12H19BrN2S. The van der Waals surface area contributed by atoms with Crippen molar-refractivity contribution in [3.05, 3.63) is 28.2 Å². The van der Waals surface area contributed by atoms with Gasteiger partial charge in [0.15, 0.2) is 0 Å². The van der Waals surface area contributed by atoms with Crippen molar-refractivity contribution in [1.29, 1.82) is 0 Å². The van der Waals surface area contributed by atoms with E-state index in [1.165, 1.54) is 11.3 Å². The van der Waals surface area contributed by atoms with Gasteiger partial charge in [-0.3, -0.25) is 0 Å². The van der Waals surface area contributed by atoms with Crippen LogP contribution in [0.2, 0.25) is 0 Å². The van der Waals surface area contributed by atoms with Gasteiger partial charge in [-0.15, -0.1) is 0 Å². The summed E-state index contributed by atoms with van der Waals surface area (Å²) in [5.41, 5.74) is 2.65. The van der Waals surface area contributed by atoms with Gasteiger partial charge in [0.2, 0.25) is 0 Å². The Morgan fingerprint density at radius 1 is 1.44 bits per heavy atom. The minimum Gasteiger partial charge on any atom is -0.373 e. The number of rotatable bonds is 6. The summed E-state index contributed by atoms with van der Waals surface area (Å²) in [5.74, 6) is 1.15. The van der Waals surface area contributed by atoms with Gasteiger partial charge in [0, 0.05) is 36.1 Å². The summed E-state index contributed by atoms with van der Waals surface area (Å²) in [5, 5.41) is 3.21. The van der Waals surface area contributed by atoms with Crippen molar-refractivity contribution < 1.29 is 0 Å². The molecular weight excluding hydrogens is 284 g/mol. The SMILES string of the molecule is CNCc1ccc(Br)cc1N(C)CCSC. The second-order valence-electron chi connectivity index (χ2n) is 3.72. The van der Waals surface area contributed by atoms with E-state index in [1.54, 1.807) is 0 Å². The first-order chi connectivity index (χ1) is 7.69. The number of benzene rings is 1. The summed E-state index contributed by atoms with van der Waals surface area (Å²) in [7, 11) is 4.13. The lowest BCUT2D eigenvalue weighted by Gasteiger charge is -2.22. The predicted octanol–water partition coefficient (Wildman–Crippen LogP) is 2.97. The molecule has 1 rings (SSSR count). The molecule has 4 heteroatoms. The Morgan fingerprint density at radius 3 is 2.81 bits per heavy atom. The highest BCUT2D eigenvalue weighted by Crippen LogP contribution is 2.24. The molecule has 0 saturated heterocycles. The summed E-state index contributed by atoms with van der Waals surface area (Å²) in [4.78, 5) is 2.31. The Morgan fingerprint density at radius 2 is 2.19 bits per heavy atom. The smallest absolute Gasteiger partial charge is 0.0420 e. The van der Waals surface area contributed by atoms with Gasteiger partial charge >= 0.3 is 0 Å². The molecule has 0 spiro atoms. The van der Waals surface area contributed by atoms with E-state index in [1.807, 2.05) is 18.8 Å². The first-order valence-corrected chi connectivity index (χ1v) is 7.50. The Kier molecular flexibility index (Phi) is 6.24. The zero-order chi connectivity index (χ0) is 12.0. The monoisotopic (exact) mass is 302 g/mol. The van der Waals surface area contributed by atoms with Crippen LogP contribution in [0.1, 0.15) is 5.56 Å². The van der Waals surface area contributed by atoms with Crippen LogP contribution in [0.5, 0.6) is 0 Å². The Bertz CT molecular complexity index is 331. The first kappa shape index (κ1) is 13.9. The number of nitrogens with one attached hydrogen (secondary N) is 1. The summed E-state index contributed by atoms with van der Waals surface area (Å²) in [6.45, 7) is 1.99. The summed E-state index contributed by atoms with van der Waals surface area (Å²) in [6, 6.07) is 6.46. The molecule has 0 unspecified atom stereocenters. The van der Waals surface area contributed by atoms with Crippen molar-refractivity contribution in [2.75, 3.05) is 37.5 Å². The third-order valence-electron chi connectivity index (χ3n) is 2.46. The summed E-state index contributed by atoms with van der Waals surface area (Å²) < 4.78 is 1.14. The highest BCUT2D eigenvalue weighted by atomic mass is 79.9. The Balaban J connectivity index is 2.85. The molecule has 16 heavy (non-hydrogen) atoms. The maximum Gasteiger partial charge on any atom is 0.0420 e. The first-order valence-electron chi connectivity index (χ1n) is 5.32.